The first-order valence-electron chi connectivity index (χ1n) is 6.74. The van der Waals surface area contributed by atoms with Crippen molar-refractivity contribution in [3.05, 3.63) is 74.8 Å². The van der Waals surface area contributed by atoms with Gasteiger partial charge < -0.3 is 5.32 Å². The summed E-state index contributed by atoms with van der Waals surface area (Å²) in [5, 5.41) is 14.1. The highest BCUT2D eigenvalue weighted by atomic mass is 35.5. The summed E-state index contributed by atoms with van der Waals surface area (Å²) in [6.45, 7) is 2.17. The molecule has 0 spiro atoms. The van der Waals surface area contributed by atoms with Crippen LogP contribution in [0.25, 0.3) is 0 Å². The van der Waals surface area contributed by atoms with Crippen molar-refractivity contribution < 1.29 is 9.72 Å². The second-order valence-electron chi connectivity index (χ2n) is 4.91. The van der Waals surface area contributed by atoms with Crippen LogP contribution in [0.1, 0.15) is 24.0 Å². The Labute approximate surface area is 133 Å². The number of nitro groups is 1. The van der Waals surface area contributed by atoms with E-state index in [9.17, 15) is 14.9 Å². The molecule has 0 saturated carbocycles. The van der Waals surface area contributed by atoms with Gasteiger partial charge in [-0.15, -0.1) is 0 Å². The minimum absolute atomic E-state index is 0.0116. The summed E-state index contributed by atoms with van der Waals surface area (Å²) in [5.74, 6) is -0.517. The fraction of sp³-hybridized carbons (Fsp3) is 0.188. The van der Waals surface area contributed by atoms with E-state index in [4.69, 9.17) is 11.6 Å². The Morgan fingerprint density at radius 1 is 1.18 bits per heavy atom. The number of hydrogen-bond donors (Lipinski definition) is 1. The Hall–Kier alpha value is -2.40. The van der Waals surface area contributed by atoms with E-state index in [1.54, 1.807) is 31.2 Å². The molecule has 0 fully saturated rings. The van der Waals surface area contributed by atoms with E-state index >= 15 is 0 Å². The van der Waals surface area contributed by atoms with Crippen LogP contribution in [-0.4, -0.2) is 10.8 Å². The van der Waals surface area contributed by atoms with Crippen molar-refractivity contribution >= 4 is 23.2 Å². The minimum atomic E-state index is -0.463. The van der Waals surface area contributed by atoms with Gasteiger partial charge in [-0.3, -0.25) is 14.9 Å². The van der Waals surface area contributed by atoms with Crippen molar-refractivity contribution in [3.8, 4) is 0 Å². The van der Waals surface area contributed by atoms with E-state index in [0.29, 0.717) is 11.6 Å². The van der Waals surface area contributed by atoms with Crippen LogP contribution in [0.5, 0.6) is 0 Å². The summed E-state index contributed by atoms with van der Waals surface area (Å²) in [6.07, 6.45) is 0. The maximum Gasteiger partial charge on any atom is 0.269 e. The molecule has 0 saturated heterocycles. The molecule has 22 heavy (non-hydrogen) atoms. The Bertz CT molecular complexity index is 669. The maximum absolute atomic E-state index is 12.1. The van der Waals surface area contributed by atoms with Gasteiger partial charge >= 0.3 is 0 Å². The molecule has 6 heteroatoms. The molecule has 2 aromatic carbocycles. The van der Waals surface area contributed by atoms with Gasteiger partial charge in [0.2, 0.25) is 5.91 Å². The molecule has 114 valence electrons. The number of carbonyl (C=O) groups excluding carboxylic acids is 1. The van der Waals surface area contributed by atoms with Crippen molar-refractivity contribution in [3.63, 3.8) is 0 Å². The van der Waals surface area contributed by atoms with Gasteiger partial charge in [-0.2, -0.15) is 0 Å². The van der Waals surface area contributed by atoms with Crippen LogP contribution in [0.15, 0.2) is 48.5 Å². The van der Waals surface area contributed by atoms with Crippen LogP contribution in [0.3, 0.4) is 0 Å². The van der Waals surface area contributed by atoms with Crippen LogP contribution in [0.4, 0.5) is 5.69 Å². The van der Waals surface area contributed by atoms with Gasteiger partial charge in [0.25, 0.3) is 5.69 Å². The third kappa shape index (κ3) is 4.05. The highest BCUT2D eigenvalue weighted by molar-refractivity contribution is 6.30. The van der Waals surface area contributed by atoms with Gasteiger partial charge in [-0.1, -0.05) is 35.9 Å². The van der Waals surface area contributed by atoms with Crippen LogP contribution < -0.4 is 5.32 Å². The van der Waals surface area contributed by atoms with Crippen LogP contribution in [0.2, 0.25) is 5.02 Å². The highest BCUT2D eigenvalue weighted by Crippen LogP contribution is 2.19. The Morgan fingerprint density at radius 2 is 1.77 bits per heavy atom. The second kappa shape index (κ2) is 7.04. The predicted octanol–water partition coefficient (Wildman–Crippen LogP) is 3.67. The number of nitrogens with zero attached hydrogens (tertiary/aromatic N) is 1. The maximum atomic E-state index is 12.1. The minimum Gasteiger partial charge on any atom is -0.352 e. The first-order valence-corrected chi connectivity index (χ1v) is 7.11. The zero-order valence-electron chi connectivity index (χ0n) is 12.0. The van der Waals surface area contributed by atoms with Crippen molar-refractivity contribution in [2.45, 2.75) is 19.4 Å². The molecule has 1 unspecified atom stereocenters. The highest BCUT2D eigenvalue weighted by Gasteiger charge is 2.16. The second-order valence-corrected chi connectivity index (χ2v) is 5.35. The summed E-state index contributed by atoms with van der Waals surface area (Å²) >= 11 is 5.80. The smallest absolute Gasteiger partial charge is 0.269 e. The van der Waals surface area contributed by atoms with E-state index in [-0.39, 0.29) is 17.5 Å². The first kappa shape index (κ1) is 16.0. The molecule has 0 radical (unpaired) electrons. The van der Waals surface area contributed by atoms with Crippen LogP contribution >= 0.6 is 11.6 Å². The molecule has 0 heterocycles. The number of amides is 1. The number of hydrogen-bond acceptors (Lipinski definition) is 3. The SMILES string of the molecule is CC(C(=O)NCc1ccc(Cl)cc1)c1ccc([N+](=O)[O-])cc1. The number of non-ortho nitro benzene ring substituents is 1. The van der Waals surface area contributed by atoms with Crippen molar-refractivity contribution in [2.24, 2.45) is 0 Å². The Balaban J connectivity index is 1.96. The summed E-state index contributed by atoms with van der Waals surface area (Å²) in [6, 6.07) is 13.2. The zero-order valence-corrected chi connectivity index (χ0v) is 12.7. The Morgan fingerprint density at radius 3 is 2.32 bits per heavy atom. The molecule has 0 aromatic heterocycles. The summed E-state index contributed by atoms with van der Waals surface area (Å²) in [7, 11) is 0. The number of nitrogens with one attached hydrogen (secondary N) is 1. The normalized spacial score (nSPS) is 11.7. The molecule has 0 bridgehead atoms. The van der Waals surface area contributed by atoms with E-state index in [0.717, 1.165) is 11.1 Å². The van der Waals surface area contributed by atoms with Gasteiger partial charge in [0.15, 0.2) is 0 Å². The van der Waals surface area contributed by atoms with Crippen molar-refractivity contribution in [1.82, 2.24) is 5.32 Å². The molecule has 1 N–H and O–H groups in total. The van der Waals surface area contributed by atoms with Gasteiger partial charge in [0.1, 0.15) is 0 Å². The van der Waals surface area contributed by atoms with Crippen molar-refractivity contribution in [2.75, 3.05) is 0 Å². The van der Waals surface area contributed by atoms with Gasteiger partial charge in [-0.25, -0.2) is 0 Å². The number of halogens is 1. The fourth-order valence-electron chi connectivity index (χ4n) is 1.98. The van der Waals surface area contributed by atoms with Crippen LogP contribution in [0, 0.1) is 10.1 Å². The lowest BCUT2D eigenvalue weighted by Gasteiger charge is -2.12. The average Bonchev–Trinajstić information content (AvgIpc) is 2.53. The van der Waals surface area contributed by atoms with Crippen LogP contribution in [-0.2, 0) is 11.3 Å². The molecule has 0 aliphatic heterocycles. The van der Waals surface area contributed by atoms with E-state index in [2.05, 4.69) is 5.32 Å². The number of nitro benzene ring substituents is 1. The summed E-state index contributed by atoms with van der Waals surface area (Å²) in [4.78, 5) is 22.3. The molecule has 0 aliphatic carbocycles. The average molecular weight is 319 g/mol. The van der Waals surface area contributed by atoms with Gasteiger partial charge in [0.05, 0.1) is 10.8 Å². The Kier molecular flexibility index (Phi) is 5.12. The number of rotatable bonds is 5. The quantitative estimate of drug-likeness (QED) is 0.675. The third-order valence-corrected chi connectivity index (χ3v) is 3.63. The van der Waals surface area contributed by atoms with E-state index in [1.807, 2.05) is 12.1 Å². The molecular formula is C16H15ClN2O3. The monoisotopic (exact) mass is 318 g/mol. The molecule has 5 nitrogen and oxygen atoms in total. The first-order chi connectivity index (χ1) is 10.5. The fourth-order valence-corrected chi connectivity index (χ4v) is 2.11. The zero-order chi connectivity index (χ0) is 16.1. The number of carbonyl (C=O) groups is 1. The molecule has 2 rings (SSSR count). The predicted molar refractivity (Wildman–Crippen MR) is 84.8 cm³/mol. The van der Waals surface area contributed by atoms with Gasteiger partial charge in [0, 0.05) is 23.7 Å². The topological polar surface area (TPSA) is 72.2 Å². The molecule has 0 aliphatic rings. The standard InChI is InChI=1S/C16H15ClN2O3/c1-11(13-4-8-15(9-5-13)19(21)22)16(20)18-10-12-2-6-14(17)7-3-12/h2-9,11H,10H2,1H3,(H,18,20). The lowest BCUT2D eigenvalue weighted by molar-refractivity contribution is -0.384. The lowest BCUT2D eigenvalue weighted by atomic mass is 10.00. The molecular weight excluding hydrogens is 304 g/mol. The van der Waals surface area contributed by atoms with E-state index in [1.165, 1.54) is 12.1 Å². The molecule has 2 aromatic rings. The molecule has 1 amide bonds. The van der Waals surface area contributed by atoms with Crippen molar-refractivity contribution in [1.29, 1.82) is 0 Å². The number of benzene rings is 2. The van der Waals surface area contributed by atoms with Gasteiger partial charge in [-0.05, 0) is 30.2 Å². The summed E-state index contributed by atoms with van der Waals surface area (Å²) < 4.78 is 0. The lowest BCUT2D eigenvalue weighted by Crippen LogP contribution is -2.27. The third-order valence-electron chi connectivity index (χ3n) is 3.38. The van der Waals surface area contributed by atoms with E-state index < -0.39 is 4.92 Å². The summed E-state index contributed by atoms with van der Waals surface area (Å²) in [5.41, 5.74) is 1.70. The molecule has 1 atom stereocenters. The largest absolute Gasteiger partial charge is 0.352 e.